The maximum Gasteiger partial charge on any atom is 0.224 e. The van der Waals surface area contributed by atoms with Gasteiger partial charge in [0.05, 0.1) is 5.92 Å². The lowest BCUT2D eigenvalue weighted by atomic mass is 9.96. The quantitative estimate of drug-likeness (QED) is 0.756. The summed E-state index contributed by atoms with van der Waals surface area (Å²) >= 11 is 0. The number of nitrogens with zero attached hydrogens (tertiary/aromatic N) is 1. The molecule has 0 spiro atoms. The molecule has 2 rings (SSSR count). The lowest BCUT2D eigenvalue weighted by Crippen LogP contribution is -2.50. The number of nitrogens with one attached hydrogen (secondary N) is 2. The summed E-state index contributed by atoms with van der Waals surface area (Å²) in [4.78, 5) is 25.8. The van der Waals surface area contributed by atoms with Gasteiger partial charge in [0, 0.05) is 45.1 Å². The molecule has 2 amide bonds. The minimum absolute atomic E-state index is 0.0115. The number of likely N-dealkylation sites (tertiary alicyclic amines) is 1. The van der Waals surface area contributed by atoms with Crippen LogP contribution in [0.5, 0.6) is 0 Å². The fourth-order valence-corrected chi connectivity index (χ4v) is 2.67. The van der Waals surface area contributed by atoms with Crippen LogP contribution >= 0.6 is 0 Å². The maximum atomic E-state index is 12.1. The molecule has 0 aromatic heterocycles. The first-order chi connectivity index (χ1) is 9.20. The molecule has 0 aromatic carbocycles. The molecule has 1 atom stereocenters. The number of hydrogen-bond donors (Lipinski definition) is 2. The van der Waals surface area contributed by atoms with Gasteiger partial charge in [0.1, 0.15) is 0 Å². The van der Waals surface area contributed by atoms with Crippen LogP contribution in [0, 0.1) is 11.8 Å². The Hall–Kier alpha value is -1.10. The SMILES string of the molecule is CCCC(=O)N1CCCC(C(=O)NCC2CNC2)C1. The van der Waals surface area contributed by atoms with Gasteiger partial charge in [0.15, 0.2) is 0 Å². The number of rotatable bonds is 5. The Bertz CT molecular complexity index is 329. The van der Waals surface area contributed by atoms with Crippen molar-refractivity contribution in [1.29, 1.82) is 0 Å². The molecule has 5 heteroatoms. The van der Waals surface area contributed by atoms with Crippen molar-refractivity contribution >= 4 is 11.8 Å². The van der Waals surface area contributed by atoms with Crippen molar-refractivity contribution in [2.24, 2.45) is 11.8 Å². The second-order valence-electron chi connectivity index (χ2n) is 5.70. The van der Waals surface area contributed by atoms with Gasteiger partial charge in [-0.2, -0.15) is 0 Å². The minimum Gasteiger partial charge on any atom is -0.355 e. The number of carbonyl (C=O) groups excluding carboxylic acids is 2. The predicted octanol–water partition coefficient (Wildman–Crippen LogP) is 0.361. The molecule has 2 aliphatic heterocycles. The molecule has 1 unspecified atom stereocenters. The van der Waals surface area contributed by atoms with Gasteiger partial charge in [-0.3, -0.25) is 9.59 Å². The van der Waals surface area contributed by atoms with Gasteiger partial charge in [0.25, 0.3) is 0 Å². The first-order valence-electron chi connectivity index (χ1n) is 7.47. The molecule has 2 fully saturated rings. The maximum absolute atomic E-state index is 12.1. The summed E-state index contributed by atoms with van der Waals surface area (Å²) < 4.78 is 0. The third-order valence-electron chi connectivity index (χ3n) is 4.04. The zero-order chi connectivity index (χ0) is 13.7. The molecule has 108 valence electrons. The van der Waals surface area contributed by atoms with Crippen molar-refractivity contribution in [3.05, 3.63) is 0 Å². The predicted molar refractivity (Wildman–Crippen MR) is 73.6 cm³/mol. The van der Waals surface area contributed by atoms with Crippen molar-refractivity contribution in [1.82, 2.24) is 15.5 Å². The van der Waals surface area contributed by atoms with E-state index in [1.54, 1.807) is 0 Å². The van der Waals surface area contributed by atoms with Gasteiger partial charge < -0.3 is 15.5 Å². The van der Waals surface area contributed by atoms with E-state index in [1.165, 1.54) is 0 Å². The minimum atomic E-state index is -0.0115. The second kappa shape index (κ2) is 6.89. The number of piperidine rings is 1. The van der Waals surface area contributed by atoms with E-state index in [0.717, 1.165) is 45.4 Å². The fourth-order valence-electron chi connectivity index (χ4n) is 2.67. The van der Waals surface area contributed by atoms with E-state index in [0.29, 0.717) is 18.9 Å². The highest BCUT2D eigenvalue weighted by Crippen LogP contribution is 2.18. The lowest BCUT2D eigenvalue weighted by molar-refractivity contribution is -0.135. The lowest BCUT2D eigenvalue weighted by Gasteiger charge is -2.33. The molecular formula is C14H25N3O2. The summed E-state index contributed by atoms with van der Waals surface area (Å²) in [5.41, 5.74) is 0. The van der Waals surface area contributed by atoms with Crippen LogP contribution in [-0.2, 0) is 9.59 Å². The Kier molecular flexibility index (Phi) is 5.19. The summed E-state index contributed by atoms with van der Waals surface area (Å²) in [6, 6.07) is 0. The van der Waals surface area contributed by atoms with Gasteiger partial charge in [0.2, 0.25) is 11.8 Å². The van der Waals surface area contributed by atoms with Crippen LogP contribution in [0.15, 0.2) is 0 Å². The van der Waals surface area contributed by atoms with Crippen LogP contribution in [0.4, 0.5) is 0 Å². The molecule has 0 aliphatic carbocycles. The molecule has 0 saturated carbocycles. The Morgan fingerprint density at radius 3 is 2.79 bits per heavy atom. The normalized spacial score (nSPS) is 23.8. The van der Waals surface area contributed by atoms with Gasteiger partial charge in [-0.1, -0.05) is 6.92 Å². The van der Waals surface area contributed by atoms with Crippen LogP contribution < -0.4 is 10.6 Å². The van der Waals surface area contributed by atoms with E-state index in [4.69, 9.17) is 0 Å². The summed E-state index contributed by atoms with van der Waals surface area (Å²) in [5, 5.41) is 6.23. The van der Waals surface area contributed by atoms with Crippen LogP contribution in [0.25, 0.3) is 0 Å². The van der Waals surface area contributed by atoms with E-state index in [9.17, 15) is 9.59 Å². The van der Waals surface area contributed by atoms with Crippen molar-refractivity contribution in [3.8, 4) is 0 Å². The van der Waals surface area contributed by atoms with E-state index >= 15 is 0 Å². The zero-order valence-corrected chi connectivity index (χ0v) is 11.8. The smallest absolute Gasteiger partial charge is 0.224 e. The Labute approximate surface area is 115 Å². The molecule has 2 heterocycles. The number of hydrogen-bond acceptors (Lipinski definition) is 3. The van der Waals surface area contributed by atoms with Crippen LogP contribution in [-0.4, -0.2) is 49.4 Å². The molecule has 19 heavy (non-hydrogen) atoms. The number of carbonyl (C=O) groups is 2. The van der Waals surface area contributed by atoms with E-state index < -0.39 is 0 Å². The van der Waals surface area contributed by atoms with Crippen molar-refractivity contribution in [3.63, 3.8) is 0 Å². The molecule has 0 bridgehead atoms. The van der Waals surface area contributed by atoms with Crippen LogP contribution in [0.2, 0.25) is 0 Å². The average molecular weight is 267 g/mol. The second-order valence-corrected chi connectivity index (χ2v) is 5.70. The third kappa shape index (κ3) is 3.93. The zero-order valence-electron chi connectivity index (χ0n) is 11.8. The Balaban J connectivity index is 1.75. The van der Waals surface area contributed by atoms with Crippen LogP contribution in [0.3, 0.4) is 0 Å². The molecule has 2 saturated heterocycles. The Morgan fingerprint density at radius 2 is 2.16 bits per heavy atom. The van der Waals surface area contributed by atoms with E-state index in [2.05, 4.69) is 10.6 Å². The third-order valence-corrected chi connectivity index (χ3v) is 4.04. The number of amides is 2. The first-order valence-corrected chi connectivity index (χ1v) is 7.47. The molecule has 2 aliphatic rings. The highest BCUT2D eigenvalue weighted by molar-refractivity contribution is 5.81. The van der Waals surface area contributed by atoms with Crippen molar-refractivity contribution < 1.29 is 9.59 Å². The van der Waals surface area contributed by atoms with Crippen LogP contribution in [0.1, 0.15) is 32.6 Å². The molecule has 2 N–H and O–H groups in total. The summed E-state index contributed by atoms with van der Waals surface area (Å²) in [6.07, 6.45) is 3.33. The molecule has 0 radical (unpaired) electrons. The van der Waals surface area contributed by atoms with E-state index in [1.807, 2.05) is 11.8 Å². The highest BCUT2D eigenvalue weighted by Gasteiger charge is 2.28. The first kappa shape index (κ1) is 14.3. The fraction of sp³-hybridized carbons (Fsp3) is 0.857. The van der Waals surface area contributed by atoms with Gasteiger partial charge >= 0.3 is 0 Å². The highest BCUT2D eigenvalue weighted by atomic mass is 16.2. The largest absolute Gasteiger partial charge is 0.355 e. The van der Waals surface area contributed by atoms with E-state index in [-0.39, 0.29) is 17.7 Å². The molecular weight excluding hydrogens is 242 g/mol. The Morgan fingerprint density at radius 1 is 1.37 bits per heavy atom. The monoisotopic (exact) mass is 267 g/mol. The summed E-state index contributed by atoms with van der Waals surface area (Å²) in [7, 11) is 0. The van der Waals surface area contributed by atoms with Gasteiger partial charge in [-0.25, -0.2) is 0 Å². The van der Waals surface area contributed by atoms with Gasteiger partial charge in [-0.05, 0) is 19.3 Å². The summed E-state index contributed by atoms with van der Waals surface area (Å²) in [5.74, 6) is 0.900. The van der Waals surface area contributed by atoms with Crippen molar-refractivity contribution in [2.75, 3.05) is 32.7 Å². The topological polar surface area (TPSA) is 61.4 Å². The average Bonchev–Trinajstić information content (AvgIpc) is 2.37. The molecule has 5 nitrogen and oxygen atoms in total. The van der Waals surface area contributed by atoms with Gasteiger partial charge in [-0.15, -0.1) is 0 Å². The standard InChI is InChI=1S/C14H25N3O2/c1-2-4-13(18)17-6-3-5-12(10-17)14(19)16-9-11-7-15-8-11/h11-12,15H,2-10H2,1H3,(H,16,19). The molecule has 0 aromatic rings. The van der Waals surface area contributed by atoms with Crippen molar-refractivity contribution in [2.45, 2.75) is 32.6 Å². The summed E-state index contributed by atoms with van der Waals surface area (Å²) in [6.45, 7) is 6.21.